The molecule has 2 rings (SSSR count). The maximum Gasteiger partial charge on any atom is 0.268 e. The van der Waals surface area contributed by atoms with Crippen molar-refractivity contribution in [2.24, 2.45) is 0 Å². The lowest BCUT2D eigenvalue weighted by Gasteiger charge is -2.03. The first-order valence-corrected chi connectivity index (χ1v) is 7.01. The van der Waals surface area contributed by atoms with E-state index < -0.39 is 0 Å². The lowest BCUT2D eigenvalue weighted by atomic mass is 10.2. The normalized spacial score (nSPS) is 10.8. The van der Waals surface area contributed by atoms with Gasteiger partial charge < -0.3 is 5.32 Å². The van der Waals surface area contributed by atoms with E-state index in [4.69, 9.17) is 0 Å². The van der Waals surface area contributed by atoms with Crippen LogP contribution < -0.4 is 5.32 Å². The molecule has 0 bridgehead atoms. The fraction of sp³-hybridized carbons (Fsp3) is 0.357. The van der Waals surface area contributed by atoms with E-state index in [2.05, 4.69) is 29.1 Å². The van der Waals surface area contributed by atoms with Crippen LogP contribution in [0.2, 0.25) is 0 Å². The number of nitrogens with one attached hydrogen (secondary N) is 1. The van der Waals surface area contributed by atoms with Gasteiger partial charge in [-0.05, 0) is 26.0 Å². The Morgan fingerprint density at radius 1 is 1.26 bits per heavy atom. The molecule has 0 saturated heterocycles. The average Bonchev–Trinajstić information content (AvgIpc) is 2.71. The summed E-state index contributed by atoms with van der Waals surface area (Å²) in [6, 6.07) is 5.55. The summed E-state index contributed by atoms with van der Waals surface area (Å²) in [4.78, 5) is 21.6. The van der Waals surface area contributed by atoms with Gasteiger partial charge in [-0.2, -0.15) is 0 Å². The molecule has 2 aromatic rings. The van der Waals surface area contributed by atoms with Gasteiger partial charge in [-0.25, -0.2) is 9.97 Å². The Hall–Kier alpha value is -1.75. The van der Waals surface area contributed by atoms with Crippen LogP contribution in [0.5, 0.6) is 0 Å². The van der Waals surface area contributed by atoms with Crippen molar-refractivity contribution in [3.63, 3.8) is 0 Å². The zero-order valence-corrected chi connectivity index (χ0v) is 12.3. The number of amides is 1. The fourth-order valence-corrected chi connectivity index (χ4v) is 2.63. The molecular formula is C14H17N3OS. The van der Waals surface area contributed by atoms with E-state index in [0.29, 0.717) is 16.6 Å². The van der Waals surface area contributed by atoms with Crippen LogP contribution in [0.4, 0.5) is 5.82 Å². The first-order chi connectivity index (χ1) is 8.97. The van der Waals surface area contributed by atoms with Gasteiger partial charge in [-0.1, -0.05) is 19.9 Å². The molecule has 0 aromatic carbocycles. The first kappa shape index (κ1) is 13.7. The predicted molar refractivity (Wildman–Crippen MR) is 77.9 cm³/mol. The molecule has 0 unspecified atom stereocenters. The average molecular weight is 275 g/mol. The highest BCUT2D eigenvalue weighted by Crippen LogP contribution is 2.25. The third-order valence-corrected chi connectivity index (χ3v) is 4.10. The maximum atomic E-state index is 12.2. The van der Waals surface area contributed by atoms with Crippen LogP contribution in [0, 0.1) is 13.8 Å². The first-order valence-electron chi connectivity index (χ1n) is 6.19. The topological polar surface area (TPSA) is 54.9 Å². The number of hydrogen-bond donors (Lipinski definition) is 1. The van der Waals surface area contributed by atoms with Crippen LogP contribution in [0.1, 0.15) is 45.8 Å². The second-order valence-corrected chi connectivity index (χ2v) is 5.77. The van der Waals surface area contributed by atoms with Crippen LogP contribution in [0.15, 0.2) is 18.2 Å². The van der Waals surface area contributed by atoms with Gasteiger partial charge in [0.2, 0.25) is 0 Å². The van der Waals surface area contributed by atoms with Crippen molar-refractivity contribution in [1.29, 1.82) is 0 Å². The Balaban J connectivity index is 2.20. The Kier molecular flexibility index (Phi) is 3.95. The van der Waals surface area contributed by atoms with Crippen molar-refractivity contribution in [2.75, 3.05) is 5.32 Å². The SMILES string of the molecule is Cc1cccc(NC(=O)c2sc(C(C)C)nc2C)n1. The Bertz CT molecular complexity index is 604. The van der Waals surface area contributed by atoms with Gasteiger partial charge in [0.25, 0.3) is 5.91 Å². The number of carbonyl (C=O) groups is 1. The van der Waals surface area contributed by atoms with Crippen LogP contribution in [-0.4, -0.2) is 15.9 Å². The van der Waals surface area contributed by atoms with Gasteiger partial charge in [0.15, 0.2) is 0 Å². The molecule has 2 heterocycles. The number of nitrogens with zero attached hydrogens (tertiary/aromatic N) is 2. The molecule has 2 aromatic heterocycles. The van der Waals surface area contributed by atoms with Crippen molar-refractivity contribution in [1.82, 2.24) is 9.97 Å². The van der Waals surface area contributed by atoms with E-state index in [-0.39, 0.29) is 5.91 Å². The van der Waals surface area contributed by atoms with Crippen molar-refractivity contribution < 1.29 is 4.79 Å². The zero-order valence-electron chi connectivity index (χ0n) is 11.5. The monoisotopic (exact) mass is 275 g/mol. The molecule has 100 valence electrons. The van der Waals surface area contributed by atoms with Crippen molar-refractivity contribution in [2.45, 2.75) is 33.6 Å². The van der Waals surface area contributed by atoms with Gasteiger partial charge in [0, 0.05) is 11.6 Å². The van der Waals surface area contributed by atoms with E-state index in [9.17, 15) is 4.79 Å². The summed E-state index contributed by atoms with van der Waals surface area (Å²) in [6.07, 6.45) is 0. The molecule has 0 aliphatic heterocycles. The summed E-state index contributed by atoms with van der Waals surface area (Å²) in [5, 5.41) is 3.80. The minimum atomic E-state index is -0.139. The molecule has 0 fully saturated rings. The molecule has 0 spiro atoms. The zero-order chi connectivity index (χ0) is 14.0. The molecule has 5 heteroatoms. The molecule has 0 saturated carbocycles. The van der Waals surface area contributed by atoms with Crippen LogP contribution in [-0.2, 0) is 0 Å². The van der Waals surface area contributed by atoms with E-state index in [1.165, 1.54) is 11.3 Å². The number of rotatable bonds is 3. The number of hydrogen-bond acceptors (Lipinski definition) is 4. The van der Waals surface area contributed by atoms with E-state index in [0.717, 1.165) is 16.4 Å². The summed E-state index contributed by atoms with van der Waals surface area (Å²) < 4.78 is 0. The number of aromatic nitrogens is 2. The third kappa shape index (κ3) is 3.17. The van der Waals surface area contributed by atoms with Gasteiger partial charge in [-0.15, -0.1) is 11.3 Å². The molecule has 0 aliphatic rings. The maximum absolute atomic E-state index is 12.2. The summed E-state index contributed by atoms with van der Waals surface area (Å²) in [5.41, 5.74) is 1.65. The van der Waals surface area contributed by atoms with E-state index in [1.807, 2.05) is 26.0 Å². The van der Waals surface area contributed by atoms with Crippen LogP contribution in [0.25, 0.3) is 0 Å². The van der Waals surface area contributed by atoms with Gasteiger partial charge in [0.1, 0.15) is 10.7 Å². The standard InChI is InChI=1S/C14H17N3OS/c1-8(2)14-16-10(4)12(19-14)13(18)17-11-7-5-6-9(3)15-11/h5-8H,1-4H3,(H,15,17,18). The highest BCUT2D eigenvalue weighted by Gasteiger charge is 2.17. The molecule has 4 nitrogen and oxygen atoms in total. The lowest BCUT2D eigenvalue weighted by Crippen LogP contribution is -2.12. The Morgan fingerprint density at radius 3 is 2.58 bits per heavy atom. The molecule has 0 aliphatic carbocycles. The van der Waals surface area contributed by atoms with Gasteiger partial charge in [-0.3, -0.25) is 4.79 Å². The van der Waals surface area contributed by atoms with Crippen molar-refractivity contribution in [3.05, 3.63) is 39.5 Å². The van der Waals surface area contributed by atoms with E-state index in [1.54, 1.807) is 6.07 Å². The molecule has 1 N–H and O–H groups in total. The quantitative estimate of drug-likeness (QED) is 0.932. The molecule has 19 heavy (non-hydrogen) atoms. The van der Waals surface area contributed by atoms with Crippen molar-refractivity contribution >= 4 is 23.1 Å². The molecular weight excluding hydrogens is 258 g/mol. The van der Waals surface area contributed by atoms with Gasteiger partial charge >= 0.3 is 0 Å². The largest absolute Gasteiger partial charge is 0.306 e. The molecule has 0 atom stereocenters. The molecule has 1 amide bonds. The molecule has 0 radical (unpaired) electrons. The number of aryl methyl sites for hydroxylation is 2. The van der Waals surface area contributed by atoms with Gasteiger partial charge in [0.05, 0.1) is 10.7 Å². The highest BCUT2D eigenvalue weighted by molar-refractivity contribution is 7.14. The highest BCUT2D eigenvalue weighted by atomic mass is 32.1. The van der Waals surface area contributed by atoms with Crippen LogP contribution in [0.3, 0.4) is 0 Å². The lowest BCUT2D eigenvalue weighted by molar-refractivity contribution is 0.102. The van der Waals surface area contributed by atoms with Crippen LogP contribution >= 0.6 is 11.3 Å². The smallest absolute Gasteiger partial charge is 0.268 e. The van der Waals surface area contributed by atoms with E-state index >= 15 is 0 Å². The summed E-state index contributed by atoms with van der Waals surface area (Å²) >= 11 is 1.45. The number of pyridine rings is 1. The number of carbonyl (C=O) groups excluding carboxylic acids is 1. The third-order valence-electron chi connectivity index (χ3n) is 2.64. The van der Waals surface area contributed by atoms with Crippen molar-refractivity contribution in [3.8, 4) is 0 Å². The summed E-state index contributed by atoms with van der Waals surface area (Å²) in [6.45, 7) is 7.90. The number of thiazole rings is 1. The number of anilines is 1. The minimum Gasteiger partial charge on any atom is -0.306 e. The second kappa shape index (κ2) is 5.48. The second-order valence-electron chi connectivity index (χ2n) is 4.74. The predicted octanol–water partition coefficient (Wildman–Crippen LogP) is 3.53. The Morgan fingerprint density at radius 2 is 2.00 bits per heavy atom. The Labute approximate surface area is 116 Å². The minimum absolute atomic E-state index is 0.139. The summed E-state index contributed by atoms with van der Waals surface area (Å²) in [5.74, 6) is 0.770. The fourth-order valence-electron chi connectivity index (χ4n) is 1.66. The summed E-state index contributed by atoms with van der Waals surface area (Å²) in [7, 11) is 0.